The van der Waals surface area contributed by atoms with E-state index >= 15 is 0 Å². The fourth-order valence-electron chi connectivity index (χ4n) is 6.08. The average Bonchev–Trinajstić information content (AvgIpc) is 3.16. The van der Waals surface area contributed by atoms with Crippen molar-refractivity contribution in [3.63, 3.8) is 0 Å². The Labute approximate surface area is 158 Å². The van der Waals surface area contributed by atoms with Gasteiger partial charge >= 0.3 is 11.9 Å². The van der Waals surface area contributed by atoms with E-state index in [0.717, 1.165) is 12.0 Å². The minimum absolute atomic E-state index is 0.0589. The average molecular weight is 374 g/mol. The summed E-state index contributed by atoms with van der Waals surface area (Å²) in [5.74, 6) is -1.20. The van der Waals surface area contributed by atoms with Crippen LogP contribution < -0.4 is 0 Å². The molecule has 1 saturated heterocycles. The quantitative estimate of drug-likeness (QED) is 0.737. The molecule has 146 valence electrons. The van der Waals surface area contributed by atoms with Crippen LogP contribution in [0.4, 0.5) is 0 Å². The van der Waals surface area contributed by atoms with Crippen LogP contribution in [-0.2, 0) is 23.9 Å². The molecule has 0 spiro atoms. The molecule has 0 N–H and O–H groups in total. The highest BCUT2D eigenvalue weighted by Gasteiger charge is 2.64. The van der Waals surface area contributed by atoms with Gasteiger partial charge in [0.15, 0.2) is 0 Å². The largest absolute Gasteiger partial charge is 0.472 e. The number of fused-ring (bicyclic) bond motifs is 3. The van der Waals surface area contributed by atoms with Crippen LogP contribution in [-0.4, -0.2) is 24.8 Å². The molecule has 0 amide bonds. The second kappa shape index (κ2) is 6.21. The lowest BCUT2D eigenvalue weighted by Gasteiger charge is -2.60. The minimum Gasteiger partial charge on any atom is -0.472 e. The lowest BCUT2D eigenvalue weighted by molar-refractivity contribution is -0.204. The third-order valence-corrected chi connectivity index (χ3v) is 7.59. The van der Waals surface area contributed by atoms with E-state index in [2.05, 4.69) is 13.8 Å². The summed E-state index contributed by atoms with van der Waals surface area (Å²) in [6.07, 6.45) is 5.45. The van der Waals surface area contributed by atoms with Crippen LogP contribution in [0.1, 0.15) is 57.6 Å². The minimum atomic E-state index is -0.447. The summed E-state index contributed by atoms with van der Waals surface area (Å²) in [5, 5.41) is 0. The van der Waals surface area contributed by atoms with Crippen LogP contribution in [0.5, 0.6) is 0 Å². The van der Waals surface area contributed by atoms with Crippen molar-refractivity contribution in [2.24, 2.45) is 28.6 Å². The number of hydrogen-bond acceptors (Lipinski definition) is 6. The first-order valence-electron chi connectivity index (χ1n) is 9.61. The predicted octanol–water partition coefficient (Wildman–Crippen LogP) is 3.46. The van der Waals surface area contributed by atoms with E-state index in [9.17, 15) is 14.4 Å². The molecule has 6 atom stereocenters. The van der Waals surface area contributed by atoms with Gasteiger partial charge in [0, 0.05) is 18.4 Å². The standard InChI is InChI=1S/C21H26O6/c1-20-6-4-14-19(24)27-16(12-5-7-26-11-12)10-21(14,2)17(20)9-13(22)8-15(20)18(23)25-3/h5,7,11,14-17H,4,6,8-10H2,1-3H3/t14-,15-,16-,17+,20-,21+/m0/s1. The molecule has 1 aromatic heterocycles. The van der Waals surface area contributed by atoms with Crippen LogP contribution in [0.25, 0.3) is 0 Å². The lowest BCUT2D eigenvalue weighted by atomic mass is 9.43. The van der Waals surface area contributed by atoms with E-state index < -0.39 is 11.3 Å². The van der Waals surface area contributed by atoms with Crippen molar-refractivity contribution < 1.29 is 28.3 Å². The molecule has 2 heterocycles. The molecule has 3 fully saturated rings. The summed E-state index contributed by atoms with van der Waals surface area (Å²) in [4.78, 5) is 37.9. The zero-order valence-electron chi connectivity index (χ0n) is 16.0. The second-order valence-electron chi connectivity index (χ2n) is 8.86. The molecule has 4 rings (SSSR count). The fraction of sp³-hybridized carbons (Fsp3) is 0.667. The van der Waals surface area contributed by atoms with Gasteiger partial charge in [0.25, 0.3) is 0 Å². The summed E-state index contributed by atoms with van der Waals surface area (Å²) in [7, 11) is 1.38. The van der Waals surface area contributed by atoms with Crippen molar-refractivity contribution in [2.45, 2.75) is 52.1 Å². The molecule has 1 aromatic rings. The molecule has 0 unspecified atom stereocenters. The number of hydrogen-bond donors (Lipinski definition) is 0. The number of methoxy groups -OCH3 is 1. The van der Waals surface area contributed by atoms with Crippen LogP contribution >= 0.6 is 0 Å². The molecule has 2 aliphatic carbocycles. The molecule has 3 aliphatic rings. The van der Waals surface area contributed by atoms with Gasteiger partial charge in [0.05, 0.1) is 31.5 Å². The van der Waals surface area contributed by atoms with Gasteiger partial charge in [-0.05, 0) is 42.1 Å². The van der Waals surface area contributed by atoms with E-state index in [0.29, 0.717) is 19.3 Å². The molecular formula is C21H26O6. The number of rotatable bonds is 2. The molecule has 0 radical (unpaired) electrons. The number of Topliss-reactive ketones (excluding diaryl/α,β-unsaturated/α-hetero) is 1. The molecule has 27 heavy (non-hydrogen) atoms. The summed E-state index contributed by atoms with van der Waals surface area (Å²) in [6.45, 7) is 4.19. The summed E-state index contributed by atoms with van der Waals surface area (Å²) < 4.78 is 15.9. The van der Waals surface area contributed by atoms with Crippen LogP contribution in [0, 0.1) is 28.6 Å². The van der Waals surface area contributed by atoms with E-state index in [4.69, 9.17) is 13.9 Å². The Balaban J connectivity index is 1.74. The van der Waals surface area contributed by atoms with Gasteiger partial charge in [-0.3, -0.25) is 14.4 Å². The van der Waals surface area contributed by atoms with Crippen LogP contribution in [0.3, 0.4) is 0 Å². The molecule has 0 aromatic carbocycles. The van der Waals surface area contributed by atoms with Gasteiger partial charge in [0.2, 0.25) is 0 Å². The zero-order chi connectivity index (χ0) is 19.4. The van der Waals surface area contributed by atoms with Gasteiger partial charge in [-0.15, -0.1) is 0 Å². The van der Waals surface area contributed by atoms with E-state index in [1.54, 1.807) is 12.5 Å². The van der Waals surface area contributed by atoms with E-state index in [1.807, 2.05) is 6.07 Å². The highest BCUT2D eigenvalue weighted by atomic mass is 16.5. The fourth-order valence-corrected chi connectivity index (χ4v) is 6.08. The summed E-state index contributed by atoms with van der Waals surface area (Å²) in [5.41, 5.74) is 0.0687. The molecular weight excluding hydrogens is 348 g/mol. The summed E-state index contributed by atoms with van der Waals surface area (Å²) in [6, 6.07) is 1.81. The second-order valence-corrected chi connectivity index (χ2v) is 8.86. The van der Waals surface area contributed by atoms with Crippen molar-refractivity contribution in [3.05, 3.63) is 24.2 Å². The number of ketones is 1. The summed E-state index contributed by atoms with van der Waals surface area (Å²) >= 11 is 0. The molecule has 0 bridgehead atoms. The van der Waals surface area contributed by atoms with Gasteiger partial charge in [-0.1, -0.05) is 13.8 Å². The third kappa shape index (κ3) is 2.64. The Hall–Kier alpha value is -2.11. The first-order valence-corrected chi connectivity index (χ1v) is 9.61. The van der Waals surface area contributed by atoms with E-state index in [1.165, 1.54) is 7.11 Å². The maximum absolute atomic E-state index is 12.8. The number of cyclic esters (lactones) is 1. The Morgan fingerprint density at radius 3 is 2.67 bits per heavy atom. The zero-order valence-corrected chi connectivity index (χ0v) is 16.0. The topological polar surface area (TPSA) is 82.8 Å². The van der Waals surface area contributed by atoms with Crippen LogP contribution in [0.15, 0.2) is 23.0 Å². The van der Waals surface area contributed by atoms with Crippen molar-refractivity contribution in [1.29, 1.82) is 0 Å². The Morgan fingerprint density at radius 2 is 2.00 bits per heavy atom. The highest BCUT2D eigenvalue weighted by Crippen LogP contribution is 2.65. The molecule has 6 nitrogen and oxygen atoms in total. The Morgan fingerprint density at radius 1 is 1.22 bits per heavy atom. The van der Waals surface area contributed by atoms with Crippen molar-refractivity contribution in [3.8, 4) is 0 Å². The number of esters is 2. The number of carbonyl (C=O) groups excluding carboxylic acids is 3. The van der Waals surface area contributed by atoms with Gasteiger partial charge < -0.3 is 13.9 Å². The highest BCUT2D eigenvalue weighted by molar-refractivity contribution is 5.87. The number of carbonyl (C=O) groups is 3. The van der Waals surface area contributed by atoms with Gasteiger partial charge in [0.1, 0.15) is 11.9 Å². The van der Waals surface area contributed by atoms with Gasteiger partial charge in [-0.25, -0.2) is 0 Å². The SMILES string of the molecule is COC(=O)[C@@H]1CC(=O)C[C@H]2[C@]3(C)C[C@@H](c4ccoc4)OC(=O)[C@@H]3CC[C@]21C. The third-order valence-electron chi connectivity index (χ3n) is 7.59. The van der Waals surface area contributed by atoms with Crippen LogP contribution in [0.2, 0.25) is 0 Å². The predicted molar refractivity (Wildman–Crippen MR) is 94.3 cm³/mol. The molecule has 1 aliphatic heterocycles. The van der Waals surface area contributed by atoms with E-state index in [-0.39, 0.29) is 47.5 Å². The first-order chi connectivity index (χ1) is 12.8. The first kappa shape index (κ1) is 18.3. The van der Waals surface area contributed by atoms with Crippen molar-refractivity contribution in [1.82, 2.24) is 0 Å². The maximum atomic E-state index is 12.8. The van der Waals surface area contributed by atoms with Gasteiger partial charge in [-0.2, -0.15) is 0 Å². The maximum Gasteiger partial charge on any atom is 0.310 e. The number of ether oxygens (including phenoxy) is 2. The van der Waals surface area contributed by atoms with Crippen molar-refractivity contribution >= 4 is 17.7 Å². The van der Waals surface area contributed by atoms with Crippen molar-refractivity contribution in [2.75, 3.05) is 7.11 Å². The smallest absolute Gasteiger partial charge is 0.310 e. The lowest BCUT2D eigenvalue weighted by Crippen LogP contribution is -2.60. The number of furan rings is 1. The monoisotopic (exact) mass is 374 g/mol. The Bertz CT molecular complexity index is 768. The molecule has 6 heteroatoms. The molecule has 2 saturated carbocycles. The Kier molecular flexibility index (Phi) is 4.20. The normalized spacial score (nSPS) is 41.3.